The molecule has 0 bridgehead atoms. The third-order valence-electron chi connectivity index (χ3n) is 4.68. The number of hydrogen-bond acceptors (Lipinski definition) is 4. The van der Waals surface area contributed by atoms with Crippen LogP contribution in [0.4, 0.5) is 4.79 Å². The number of carbonyl (C=O) groups is 1. The van der Waals surface area contributed by atoms with Crippen LogP contribution in [0.1, 0.15) is 18.3 Å². The average molecular weight is 366 g/mol. The van der Waals surface area contributed by atoms with Crippen molar-refractivity contribution in [2.45, 2.75) is 26.6 Å². The van der Waals surface area contributed by atoms with Crippen molar-refractivity contribution >= 4 is 17.1 Å². The summed E-state index contributed by atoms with van der Waals surface area (Å²) in [6, 6.07) is 13.5. The van der Waals surface area contributed by atoms with Gasteiger partial charge in [-0.2, -0.15) is 0 Å². The van der Waals surface area contributed by atoms with E-state index < -0.39 is 0 Å². The molecule has 2 heterocycles. The maximum absolute atomic E-state index is 12.5. The van der Waals surface area contributed by atoms with Gasteiger partial charge in [0.05, 0.1) is 17.6 Å². The molecule has 2 amide bonds. The Morgan fingerprint density at radius 3 is 2.93 bits per heavy atom. The molecular weight excluding hydrogens is 344 g/mol. The van der Waals surface area contributed by atoms with E-state index in [0.29, 0.717) is 24.6 Å². The number of nitrogens with one attached hydrogen (secondary N) is 1. The number of amides is 2. The van der Waals surface area contributed by atoms with Crippen LogP contribution < -0.4 is 14.8 Å². The minimum Gasteiger partial charge on any atom is -0.454 e. The van der Waals surface area contributed by atoms with E-state index in [2.05, 4.69) is 21.8 Å². The molecular formula is C20H22N4O3. The van der Waals surface area contributed by atoms with Crippen molar-refractivity contribution in [3.05, 3.63) is 53.9 Å². The normalized spacial score (nSPS) is 12.4. The molecule has 0 atom stereocenters. The standard InChI is InChI=1S/C20H22N4O3/c1-3-24-16-9-5-4-8-15(16)22-18(24)12-23(2)20(25)21-11-14-7-6-10-17-19(14)27-13-26-17/h4-10H,3,11-13H2,1-2H3,(H,21,25). The molecule has 0 fully saturated rings. The van der Waals surface area contributed by atoms with Crippen LogP contribution in [-0.2, 0) is 19.6 Å². The molecule has 0 saturated heterocycles. The Morgan fingerprint density at radius 2 is 2.07 bits per heavy atom. The Balaban J connectivity index is 1.44. The fourth-order valence-corrected chi connectivity index (χ4v) is 3.32. The summed E-state index contributed by atoms with van der Waals surface area (Å²) in [5.74, 6) is 2.29. The molecule has 1 aliphatic heterocycles. The van der Waals surface area contributed by atoms with Gasteiger partial charge < -0.3 is 24.3 Å². The number of benzene rings is 2. The topological polar surface area (TPSA) is 68.6 Å². The number of aromatic nitrogens is 2. The van der Waals surface area contributed by atoms with Gasteiger partial charge in [-0.15, -0.1) is 0 Å². The minimum atomic E-state index is -0.166. The van der Waals surface area contributed by atoms with Crippen molar-refractivity contribution < 1.29 is 14.3 Å². The summed E-state index contributed by atoms with van der Waals surface area (Å²) in [6.45, 7) is 3.91. The van der Waals surface area contributed by atoms with Gasteiger partial charge in [-0.25, -0.2) is 9.78 Å². The van der Waals surface area contributed by atoms with Gasteiger partial charge in [0.2, 0.25) is 6.79 Å². The van der Waals surface area contributed by atoms with Gasteiger partial charge in [0.25, 0.3) is 0 Å². The van der Waals surface area contributed by atoms with Crippen molar-refractivity contribution in [2.24, 2.45) is 0 Å². The van der Waals surface area contributed by atoms with E-state index >= 15 is 0 Å². The third kappa shape index (κ3) is 3.28. The lowest BCUT2D eigenvalue weighted by molar-refractivity contribution is 0.173. The van der Waals surface area contributed by atoms with Crippen molar-refractivity contribution in [3.8, 4) is 11.5 Å². The smallest absolute Gasteiger partial charge is 0.317 e. The monoisotopic (exact) mass is 366 g/mol. The number of imidazole rings is 1. The third-order valence-corrected chi connectivity index (χ3v) is 4.68. The second kappa shape index (κ2) is 7.19. The lowest BCUT2D eigenvalue weighted by Crippen LogP contribution is -2.37. The Morgan fingerprint density at radius 1 is 1.22 bits per heavy atom. The molecule has 0 unspecified atom stereocenters. The molecule has 1 N–H and O–H groups in total. The van der Waals surface area contributed by atoms with Crippen molar-refractivity contribution in [3.63, 3.8) is 0 Å². The minimum absolute atomic E-state index is 0.166. The fourth-order valence-electron chi connectivity index (χ4n) is 3.32. The largest absolute Gasteiger partial charge is 0.454 e. The molecule has 27 heavy (non-hydrogen) atoms. The Bertz CT molecular complexity index is 983. The first kappa shape index (κ1) is 17.2. The van der Waals surface area contributed by atoms with Gasteiger partial charge in [-0.05, 0) is 25.1 Å². The number of carbonyl (C=O) groups excluding carboxylic acids is 1. The molecule has 3 aromatic rings. The molecule has 4 rings (SSSR count). The van der Waals surface area contributed by atoms with Crippen LogP contribution in [0, 0.1) is 0 Å². The van der Waals surface area contributed by atoms with Gasteiger partial charge >= 0.3 is 6.03 Å². The molecule has 0 saturated carbocycles. The first-order valence-electron chi connectivity index (χ1n) is 8.98. The number of fused-ring (bicyclic) bond motifs is 2. The summed E-state index contributed by atoms with van der Waals surface area (Å²) >= 11 is 0. The first-order valence-corrected chi connectivity index (χ1v) is 8.98. The lowest BCUT2D eigenvalue weighted by Gasteiger charge is -2.18. The molecule has 1 aromatic heterocycles. The van der Waals surface area contributed by atoms with Gasteiger partial charge in [-0.1, -0.05) is 24.3 Å². The van der Waals surface area contributed by atoms with E-state index in [4.69, 9.17) is 9.47 Å². The van der Waals surface area contributed by atoms with Gasteiger partial charge in [-0.3, -0.25) is 0 Å². The number of rotatable bonds is 5. The first-order chi connectivity index (χ1) is 13.2. The summed E-state index contributed by atoms with van der Waals surface area (Å²) in [7, 11) is 1.77. The zero-order chi connectivity index (χ0) is 18.8. The van der Waals surface area contributed by atoms with E-state index in [1.807, 2.05) is 42.5 Å². The fraction of sp³-hybridized carbons (Fsp3) is 0.300. The van der Waals surface area contributed by atoms with E-state index in [-0.39, 0.29) is 12.8 Å². The highest BCUT2D eigenvalue weighted by molar-refractivity contribution is 5.77. The Labute approximate surface area is 157 Å². The number of nitrogens with zero attached hydrogens (tertiary/aromatic N) is 3. The molecule has 7 heteroatoms. The molecule has 0 radical (unpaired) electrons. The van der Waals surface area contributed by atoms with Crippen LogP contribution in [-0.4, -0.2) is 34.3 Å². The zero-order valence-electron chi connectivity index (χ0n) is 15.4. The SMILES string of the molecule is CCn1c(CN(C)C(=O)NCc2cccc3c2OCO3)nc2ccccc21. The predicted octanol–water partition coefficient (Wildman–Crippen LogP) is 3.13. The van der Waals surface area contributed by atoms with Crippen LogP contribution >= 0.6 is 0 Å². The van der Waals surface area contributed by atoms with Crippen LogP contribution in [0.3, 0.4) is 0 Å². The van der Waals surface area contributed by atoms with Crippen molar-refractivity contribution in [1.82, 2.24) is 19.8 Å². The van der Waals surface area contributed by atoms with E-state index in [1.54, 1.807) is 11.9 Å². The zero-order valence-corrected chi connectivity index (χ0v) is 15.4. The lowest BCUT2D eigenvalue weighted by atomic mass is 10.2. The second-order valence-electron chi connectivity index (χ2n) is 6.43. The summed E-state index contributed by atoms with van der Waals surface area (Å²) in [5, 5.41) is 2.93. The van der Waals surface area contributed by atoms with E-state index in [1.165, 1.54) is 0 Å². The van der Waals surface area contributed by atoms with Gasteiger partial charge in [0.1, 0.15) is 5.82 Å². The summed E-state index contributed by atoms with van der Waals surface area (Å²) < 4.78 is 13.0. The quantitative estimate of drug-likeness (QED) is 0.753. The van der Waals surface area contributed by atoms with Gasteiger partial charge in [0, 0.05) is 25.7 Å². The summed E-state index contributed by atoms with van der Waals surface area (Å²) in [5.41, 5.74) is 2.92. The predicted molar refractivity (Wildman–Crippen MR) is 102 cm³/mol. The second-order valence-corrected chi connectivity index (χ2v) is 6.43. The number of para-hydroxylation sites is 3. The molecule has 7 nitrogen and oxygen atoms in total. The van der Waals surface area contributed by atoms with E-state index in [9.17, 15) is 4.79 Å². The summed E-state index contributed by atoms with van der Waals surface area (Å²) in [6.07, 6.45) is 0. The van der Waals surface area contributed by atoms with Crippen molar-refractivity contribution in [2.75, 3.05) is 13.8 Å². The number of aryl methyl sites for hydroxylation is 1. The van der Waals surface area contributed by atoms with Crippen LogP contribution in [0.2, 0.25) is 0 Å². The summed E-state index contributed by atoms with van der Waals surface area (Å²) in [4.78, 5) is 18.9. The Kier molecular flexibility index (Phi) is 4.58. The number of ether oxygens (including phenoxy) is 2. The highest BCUT2D eigenvalue weighted by atomic mass is 16.7. The highest BCUT2D eigenvalue weighted by Crippen LogP contribution is 2.35. The van der Waals surface area contributed by atoms with Crippen LogP contribution in [0.15, 0.2) is 42.5 Å². The molecule has 1 aliphatic rings. The maximum Gasteiger partial charge on any atom is 0.317 e. The molecule has 0 aliphatic carbocycles. The highest BCUT2D eigenvalue weighted by Gasteiger charge is 2.19. The Hall–Kier alpha value is -3.22. The average Bonchev–Trinajstić information content (AvgIpc) is 3.30. The van der Waals surface area contributed by atoms with Crippen molar-refractivity contribution in [1.29, 1.82) is 0 Å². The molecule has 0 spiro atoms. The molecule has 140 valence electrons. The van der Waals surface area contributed by atoms with Crippen LogP contribution in [0.5, 0.6) is 11.5 Å². The number of hydrogen-bond donors (Lipinski definition) is 1. The van der Waals surface area contributed by atoms with Crippen LogP contribution in [0.25, 0.3) is 11.0 Å². The molecule has 2 aromatic carbocycles. The van der Waals surface area contributed by atoms with Gasteiger partial charge in [0.15, 0.2) is 11.5 Å². The number of urea groups is 1. The van der Waals surface area contributed by atoms with E-state index in [0.717, 1.165) is 29.0 Å². The maximum atomic E-state index is 12.5.